The molecular weight excluding hydrogens is 297 g/mol. The zero-order valence-corrected chi connectivity index (χ0v) is 14.7. The van der Waals surface area contributed by atoms with E-state index in [9.17, 15) is 9.90 Å². The van der Waals surface area contributed by atoms with Crippen LogP contribution in [0, 0.1) is 0 Å². The number of carboxylic acid groups (broad SMARTS) is 1. The van der Waals surface area contributed by atoms with Crippen LogP contribution in [-0.4, -0.2) is 57.8 Å². The van der Waals surface area contributed by atoms with Crippen LogP contribution in [0.15, 0.2) is 5.16 Å². The molecule has 8 nitrogen and oxygen atoms in total. The standard InChI is InChI=1S/C9H15N5O3S.K/c10-14-7(5-13-1-3-17-4-2-13)11-12-9(14)18-6-8(15)16;/h1-6,10H2,(H,15,16);/q;+1/p-1. The van der Waals surface area contributed by atoms with Crippen LogP contribution in [0.25, 0.3) is 0 Å². The maximum atomic E-state index is 10.4. The zero-order valence-electron chi connectivity index (χ0n) is 10.7. The van der Waals surface area contributed by atoms with Crippen LogP contribution in [-0.2, 0) is 16.1 Å². The van der Waals surface area contributed by atoms with Crippen molar-refractivity contribution in [3.05, 3.63) is 5.82 Å². The summed E-state index contributed by atoms with van der Waals surface area (Å²) in [5.41, 5.74) is 0. The molecule has 2 rings (SSSR count). The number of hydrogen-bond donors (Lipinski definition) is 1. The van der Waals surface area contributed by atoms with Crippen molar-refractivity contribution < 1.29 is 66.0 Å². The van der Waals surface area contributed by atoms with E-state index in [1.165, 1.54) is 4.68 Å². The van der Waals surface area contributed by atoms with Gasteiger partial charge in [0, 0.05) is 18.8 Å². The normalized spacial score (nSPS) is 16.0. The van der Waals surface area contributed by atoms with Crippen LogP contribution in [0.5, 0.6) is 0 Å². The van der Waals surface area contributed by atoms with E-state index in [1.807, 2.05) is 0 Å². The van der Waals surface area contributed by atoms with Gasteiger partial charge < -0.3 is 20.5 Å². The number of nitrogens with zero attached hydrogens (tertiary/aromatic N) is 4. The van der Waals surface area contributed by atoms with Crippen LogP contribution in [0.4, 0.5) is 0 Å². The first-order valence-corrected chi connectivity index (χ1v) is 6.47. The molecule has 0 unspecified atom stereocenters. The Hall–Kier alpha value is 0.316. The molecule has 2 N–H and O–H groups in total. The number of aromatic nitrogens is 3. The fourth-order valence-electron chi connectivity index (χ4n) is 1.60. The van der Waals surface area contributed by atoms with Gasteiger partial charge in [0.2, 0.25) is 5.16 Å². The number of aliphatic carboxylic acids is 1. The van der Waals surface area contributed by atoms with Crippen LogP contribution < -0.4 is 62.3 Å². The molecule has 0 amide bonds. The largest absolute Gasteiger partial charge is 1.00 e. The third-order valence-electron chi connectivity index (χ3n) is 2.52. The van der Waals surface area contributed by atoms with Gasteiger partial charge in [0.05, 0.1) is 25.7 Å². The second-order valence-electron chi connectivity index (χ2n) is 3.82. The van der Waals surface area contributed by atoms with Gasteiger partial charge in [-0.15, -0.1) is 10.2 Å². The van der Waals surface area contributed by atoms with E-state index in [0.717, 1.165) is 24.9 Å². The Balaban J connectivity index is 0.00000180. The number of nitrogens with two attached hydrogens (primary N) is 1. The Morgan fingerprint density at radius 1 is 1.42 bits per heavy atom. The first-order chi connectivity index (χ1) is 8.66. The van der Waals surface area contributed by atoms with Crippen molar-refractivity contribution in [1.82, 2.24) is 19.8 Å². The minimum atomic E-state index is -1.15. The molecule has 0 aromatic carbocycles. The van der Waals surface area contributed by atoms with Crippen molar-refractivity contribution >= 4 is 17.7 Å². The number of carbonyl (C=O) groups excluding carboxylic acids is 1. The number of carbonyl (C=O) groups is 1. The molecule has 0 radical (unpaired) electrons. The Morgan fingerprint density at radius 3 is 2.74 bits per heavy atom. The second kappa shape index (κ2) is 8.57. The number of nitrogen functional groups attached to an aromatic ring is 1. The minimum Gasteiger partial charge on any atom is -0.549 e. The molecule has 0 aliphatic carbocycles. The van der Waals surface area contributed by atoms with Gasteiger partial charge in [-0.2, -0.15) is 0 Å². The van der Waals surface area contributed by atoms with Crippen molar-refractivity contribution in [2.45, 2.75) is 11.7 Å². The maximum Gasteiger partial charge on any atom is 1.00 e. The molecule has 0 saturated carbocycles. The van der Waals surface area contributed by atoms with Gasteiger partial charge in [-0.25, -0.2) is 4.68 Å². The van der Waals surface area contributed by atoms with Crippen LogP contribution in [0.2, 0.25) is 0 Å². The molecule has 19 heavy (non-hydrogen) atoms. The van der Waals surface area contributed by atoms with E-state index in [0.29, 0.717) is 30.7 Å². The zero-order chi connectivity index (χ0) is 13.0. The summed E-state index contributed by atoms with van der Waals surface area (Å²) in [5.74, 6) is 5.07. The van der Waals surface area contributed by atoms with Gasteiger partial charge in [0.1, 0.15) is 0 Å². The van der Waals surface area contributed by atoms with E-state index in [4.69, 9.17) is 10.6 Å². The van der Waals surface area contributed by atoms with Gasteiger partial charge in [-0.3, -0.25) is 4.90 Å². The van der Waals surface area contributed by atoms with E-state index in [-0.39, 0.29) is 57.1 Å². The van der Waals surface area contributed by atoms with Gasteiger partial charge in [0.25, 0.3) is 0 Å². The molecule has 1 aliphatic heterocycles. The van der Waals surface area contributed by atoms with E-state index in [2.05, 4.69) is 15.1 Å². The molecule has 0 bridgehead atoms. The van der Waals surface area contributed by atoms with Gasteiger partial charge in [-0.1, -0.05) is 11.8 Å². The van der Waals surface area contributed by atoms with Gasteiger partial charge in [0.15, 0.2) is 5.82 Å². The fraction of sp³-hybridized carbons (Fsp3) is 0.667. The minimum absolute atomic E-state index is 0. The van der Waals surface area contributed by atoms with E-state index in [1.54, 1.807) is 0 Å². The molecule has 1 aromatic rings. The summed E-state index contributed by atoms with van der Waals surface area (Å²) in [6.45, 7) is 3.64. The first kappa shape index (κ1) is 17.4. The van der Waals surface area contributed by atoms with Crippen molar-refractivity contribution in [1.29, 1.82) is 0 Å². The second-order valence-corrected chi connectivity index (χ2v) is 4.76. The quantitative estimate of drug-likeness (QED) is 0.326. The molecule has 0 atom stereocenters. The molecular formula is C9H14KN5O3S. The summed E-state index contributed by atoms with van der Waals surface area (Å²) in [7, 11) is 0. The van der Waals surface area contributed by atoms with Crippen LogP contribution >= 0.6 is 11.8 Å². The molecule has 2 heterocycles. The number of thioether (sulfide) groups is 1. The number of rotatable bonds is 5. The van der Waals surface area contributed by atoms with Crippen molar-refractivity contribution in [2.75, 3.05) is 37.9 Å². The monoisotopic (exact) mass is 311 g/mol. The van der Waals surface area contributed by atoms with Crippen molar-refractivity contribution in [3.8, 4) is 0 Å². The van der Waals surface area contributed by atoms with Crippen LogP contribution in [0.1, 0.15) is 5.82 Å². The molecule has 1 fully saturated rings. The third-order valence-corrected chi connectivity index (χ3v) is 3.44. The molecule has 100 valence electrons. The Kier molecular flexibility index (Phi) is 7.83. The van der Waals surface area contributed by atoms with Gasteiger partial charge in [-0.05, 0) is 0 Å². The van der Waals surface area contributed by atoms with Crippen LogP contribution in [0.3, 0.4) is 0 Å². The predicted octanol–water partition coefficient (Wildman–Crippen LogP) is -5.33. The number of hydrogen-bond acceptors (Lipinski definition) is 8. The first-order valence-electron chi connectivity index (χ1n) is 5.49. The average Bonchev–Trinajstić information content (AvgIpc) is 2.70. The van der Waals surface area contributed by atoms with Crippen molar-refractivity contribution in [3.63, 3.8) is 0 Å². The maximum absolute atomic E-state index is 10.4. The van der Waals surface area contributed by atoms with Crippen molar-refractivity contribution in [2.24, 2.45) is 0 Å². The summed E-state index contributed by atoms with van der Waals surface area (Å²) in [6, 6.07) is 0. The molecule has 1 aromatic heterocycles. The molecule has 10 heteroatoms. The number of ether oxygens (including phenoxy) is 1. The fourth-order valence-corrected chi connectivity index (χ4v) is 2.19. The molecule has 1 aliphatic rings. The number of carboxylic acids is 1. The Bertz CT molecular complexity index is 424. The van der Waals surface area contributed by atoms with Gasteiger partial charge >= 0.3 is 51.4 Å². The number of morpholine rings is 1. The topological polar surface area (TPSA) is 109 Å². The average molecular weight is 311 g/mol. The smallest absolute Gasteiger partial charge is 0.549 e. The predicted molar refractivity (Wildman–Crippen MR) is 62.0 cm³/mol. The Labute approximate surface area is 157 Å². The summed E-state index contributed by atoms with van der Waals surface area (Å²) < 4.78 is 6.57. The molecule has 0 spiro atoms. The Morgan fingerprint density at radius 2 is 2.11 bits per heavy atom. The third kappa shape index (κ3) is 5.31. The summed E-state index contributed by atoms with van der Waals surface area (Å²) in [6.07, 6.45) is 0. The van der Waals surface area contributed by atoms with E-state index >= 15 is 0 Å². The molecule has 1 saturated heterocycles. The SMILES string of the molecule is Nn1c(CN2CCOCC2)nnc1SCC(=O)[O-].[K+]. The summed E-state index contributed by atoms with van der Waals surface area (Å²) >= 11 is 0.997. The van der Waals surface area contributed by atoms with E-state index < -0.39 is 5.97 Å². The summed E-state index contributed by atoms with van der Waals surface area (Å²) in [4.78, 5) is 12.5. The summed E-state index contributed by atoms with van der Waals surface area (Å²) in [5, 5.41) is 18.5.